The highest BCUT2D eigenvalue weighted by Gasteiger charge is 2.50. The summed E-state index contributed by atoms with van der Waals surface area (Å²) in [6.07, 6.45) is 8.02. The molecule has 0 bridgehead atoms. The molecule has 0 aromatic heterocycles. The van der Waals surface area contributed by atoms with Gasteiger partial charge >= 0.3 is 0 Å². The maximum atomic E-state index is 10.8. The van der Waals surface area contributed by atoms with Crippen LogP contribution in [0.2, 0.25) is 0 Å². The molecule has 2 unspecified atom stereocenters. The van der Waals surface area contributed by atoms with Crippen molar-refractivity contribution < 1.29 is 15.3 Å². The highest BCUT2D eigenvalue weighted by Crippen LogP contribution is 2.58. The minimum atomic E-state index is -0.169. The van der Waals surface area contributed by atoms with Gasteiger partial charge in [0, 0.05) is 5.41 Å². The van der Waals surface area contributed by atoms with Gasteiger partial charge in [-0.1, -0.05) is 31.2 Å². The summed E-state index contributed by atoms with van der Waals surface area (Å²) in [5.74, 6) is 2.44. The van der Waals surface area contributed by atoms with E-state index in [0.717, 1.165) is 47.9 Å². The van der Waals surface area contributed by atoms with E-state index in [1.807, 2.05) is 39.8 Å². The molecule has 0 amide bonds. The van der Waals surface area contributed by atoms with Crippen molar-refractivity contribution in [2.75, 3.05) is 0 Å². The van der Waals surface area contributed by atoms with Crippen molar-refractivity contribution in [3.63, 3.8) is 0 Å². The predicted molar refractivity (Wildman–Crippen MR) is 160 cm³/mol. The molecule has 2 aliphatic carbocycles. The highest BCUT2D eigenvalue weighted by molar-refractivity contribution is 5.58. The number of phenolic OH excluding ortho intramolecular Hbond substituents is 3. The van der Waals surface area contributed by atoms with Gasteiger partial charge in [-0.15, -0.1) is 0 Å². The van der Waals surface area contributed by atoms with Gasteiger partial charge < -0.3 is 15.3 Å². The first-order valence-corrected chi connectivity index (χ1v) is 14.8. The Kier molecular flexibility index (Phi) is 7.02. The number of benzene rings is 3. The van der Waals surface area contributed by atoms with Crippen LogP contribution in [-0.2, 0) is 10.8 Å². The van der Waals surface area contributed by atoms with Crippen molar-refractivity contribution in [3.05, 3.63) is 86.5 Å². The lowest BCUT2D eigenvalue weighted by atomic mass is 9.55. The Morgan fingerprint density at radius 1 is 0.641 bits per heavy atom. The molecule has 0 heterocycles. The summed E-state index contributed by atoms with van der Waals surface area (Å²) < 4.78 is 0. The molecule has 0 radical (unpaired) electrons. The van der Waals surface area contributed by atoms with Gasteiger partial charge in [0.15, 0.2) is 0 Å². The molecule has 0 aliphatic heterocycles. The zero-order valence-corrected chi connectivity index (χ0v) is 24.9. The molecule has 2 fully saturated rings. The van der Waals surface area contributed by atoms with Gasteiger partial charge in [-0.2, -0.15) is 0 Å². The van der Waals surface area contributed by atoms with E-state index in [9.17, 15) is 15.3 Å². The number of aromatic hydroxyl groups is 3. The van der Waals surface area contributed by atoms with E-state index >= 15 is 0 Å². The molecule has 2 aliphatic rings. The SMILES string of the molecule is Cc1cc(C2(c3cc(C)c(O)c(C)c3C)CCC(C3(c4ccc(O)cc4)CCC(C)C3)CC2)c(C)c(C)c1O. The van der Waals surface area contributed by atoms with E-state index in [4.69, 9.17) is 0 Å². The molecular weight excluding hydrogens is 480 g/mol. The summed E-state index contributed by atoms with van der Waals surface area (Å²) in [6.45, 7) is 14.9. The number of hydrogen-bond acceptors (Lipinski definition) is 3. The molecule has 3 N–H and O–H groups in total. The summed E-state index contributed by atoms with van der Waals surface area (Å²) in [5.41, 5.74) is 10.2. The number of phenols is 3. The molecule has 3 nitrogen and oxygen atoms in total. The van der Waals surface area contributed by atoms with Gasteiger partial charge in [0.1, 0.15) is 17.2 Å². The minimum Gasteiger partial charge on any atom is -0.508 e. The van der Waals surface area contributed by atoms with Gasteiger partial charge in [0.25, 0.3) is 0 Å². The Balaban J connectivity index is 1.64. The molecule has 0 saturated heterocycles. The lowest BCUT2D eigenvalue weighted by Crippen LogP contribution is -2.41. The minimum absolute atomic E-state index is 0.158. The Bertz CT molecular complexity index is 1330. The van der Waals surface area contributed by atoms with E-state index in [0.29, 0.717) is 29.1 Å². The monoisotopic (exact) mass is 526 g/mol. The highest BCUT2D eigenvalue weighted by atomic mass is 16.3. The fraction of sp³-hybridized carbons (Fsp3) is 0.500. The predicted octanol–water partition coefficient (Wildman–Crippen LogP) is 8.89. The first-order valence-electron chi connectivity index (χ1n) is 14.8. The third kappa shape index (κ3) is 4.33. The fourth-order valence-corrected chi connectivity index (χ4v) is 8.47. The number of aryl methyl sites for hydroxylation is 2. The third-order valence-corrected chi connectivity index (χ3v) is 11.0. The molecule has 2 saturated carbocycles. The van der Waals surface area contributed by atoms with E-state index < -0.39 is 0 Å². The Morgan fingerprint density at radius 3 is 1.56 bits per heavy atom. The molecule has 39 heavy (non-hydrogen) atoms. The van der Waals surface area contributed by atoms with Gasteiger partial charge in [-0.05, 0) is 166 Å². The molecule has 3 aromatic carbocycles. The van der Waals surface area contributed by atoms with Crippen LogP contribution in [0.25, 0.3) is 0 Å². The van der Waals surface area contributed by atoms with Gasteiger partial charge in [-0.25, -0.2) is 0 Å². The third-order valence-electron chi connectivity index (χ3n) is 11.0. The second-order valence-corrected chi connectivity index (χ2v) is 13.1. The topological polar surface area (TPSA) is 60.7 Å². The van der Waals surface area contributed by atoms with Gasteiger partial charge in [-0.3, -0.25) is 0 Å². The molecule has 3 heteroatoms. The molecule has 0 spiro atoms. The standard InChI is InChI=1S/C36H46O3/c1-21-12-15-36(20-21,28-8-10-30(37)11-9-28)29-13-16-35(17-14-29,31-18-22(2)33(38)26(6)24(31)4)32-19-23(3)34(39)27(7)25(32)5/h8-11,18-19,21,29,37-39H,12-17,20H2,1-7H3. The van der Waals surface area contributed by atoms with Crippen molar-refractivity contribution in [2.45, 2.75) is 104 Å². The fourth-order valence-electron chi connectivity index (χ4n) is 8.47. The van der Waals surface area contributed by atoms with E-state index in [2.05, 4.69) is 45.0 Å². The van der Waals surface area contributed by atoms with Crippen LogP contribution >= 0.6 is 0 Å². The van der Waals surface area contributed by atoms with Crippen LogP contribution in [0.3, 0.4) is 0 Å². The Labute approximate surface area is 234 Å². The van der Waals surface area contributed by atoms with Crippen molar-refractivity contribution >= 4 is 0 Å². The van der Waals surface area contributed by atoms with Crippen molar-refractivity contribution in [2.24, 2.45) is 11.8 Å². The van der Waals surface area contributed by atoms with Crippen LogP contribution in [0.5, 0.6) is 17.2 Å². The molecule has 2 atom stereocenters. The van der Waals surface area contributed by atoms with Crippen LogP contribution < -0.4 is 0 Å². The molecular formula is C36H46O3. The first kappa shape index (κ1) is 27.6. The Morgan fingerprint density at radius 2 is 1.13 bits per heavy atom. The summed E-state index contributed by atoms with van der Waals surface area (Å²) in [5, 5.41) is 31.6. The van der Waals surface area contributed by atoms with Gasteiger partial charge in [0.05, 0.1) is 0 Å². The van der Waals surface area contributed by atoms with E-state index in [-0.39, 0.29) is 10.8 Å². The normalized spacial score (nSPS) is 23.3. The maximum Gasteiger partial charge on any atom is 0.121 e. The lowest BCUT2D eigenvalue weighted by molar-refractivity contribution is 0.163. The zero-order chi connectivity index (χ0) is 28.3. The van der Waals surface area contributed by atoms with Crippen LogP contribution in [-0.4, -0.2) is 15.3 Å². The van der Waals surface area contributed by atoms with Crippen LogP contribution in [0.15, 0.2) is 36.4 Å². The second kappa shape index (κ2) is 9.91. The molecule has 5 rings (SSSR count). The average Bonchev–Trinajstić information content (AvgIpc) is 3.33. The summed E-state index contributed by atoms with van der Waals surface area (Å²) in [4.78, 5) is 0. The van der Waals surface area contributed by atoms with Gasteiger partial charge in [0.2, 0.25) is 0 Å². The maximum absolute atomic E-state index is 10.8. The van der Waals surface area contributed by atoms with Crippen LogP contribution in [0.4, 0.5) is 0 Å². The molecule has 208 valence electrons. The zero-order valence-electron chi connectivity index (χ0n) is 24.9. The van der Waals surface area contributed by atoms with Crippen LogP contribution in [0.1, 0.15) is 102 Å². The molecule has 3 aromatic rings. The lowest BCUT2D eigenvalue weighted by Gasteiger charge is -2.49. The number of rotatable bonds is 4. The van der Waals surface area contributed by atoms with E-state index in [1.54, 1.807) is 0 Å². The summed E-state index contributed by atoms with van der Waals surface area (Å²) >= 11 is 0. The quantitative estimate of drug-likeness (QED) is 0.318. The van der Waals surface area contributed by atoms with Crippen molar-refractivity contribution in [1.29, 1.82) is 0 Å². The van der Waals surface area contributed by atoms with E-state index in [1.165, 1.54) is 47.1 Å². The summed E-state index contributed by atoms with van der Waals surface area (Å²) in [6, 6.07) is 12.5. The number of hydrogen-bond donors (Lipinski definition) is 3. The summed E-state index contributed by atoms with van der Waals surface area (Å²) in [7, 11) is 0. The van der Waals surface area contributed by atoms with Crippen molar-refractivity contribution in [3.8, 4) is 17.2 Å². The Hall–Kier alpha value is -2.94. The average molecular weight is 527 g/mol. The largest absolute Gasteiger partial charge is 0.508 e. The van der Waals surface area contributed by atoms with Crippen molar-refractivity contribution in [1.82, 2.24) is 0 Å². The first-order chi connectivity index (χ1) is 18.4. The smallest absolute Gasteiger partial charge is 0.121 e. The second-order valence-electron chi connectivity index (χ2n) is 13.1. The van der Waals surface area contributed by atoms with Crippen LogP contribution in [0, 0.1) is 53.4 Å².